The Morgan fingerprint density at radius 1 is 1.07 bits per heavy atom. The number of rotatable bonds is 5. The Bertz CT molecular complexity index is 1230. The van der Waals surface area contributed by atoms with Crippen LogP contribution in [0.15, 0.2) is 66.7 Å². The summed E-state index contributed by atoms with van der Waals surface area (Å²) < 4.78 is 18.7. The number of halogens is 1. The van der Waals surface area contributed by atoms with Gasteiger partial charge in [0, 0.05) is 22.2 Å². The quantitative estimate of drug-likeness (QED) is 0.513. The molecule has 0 unspecified atom stereocenters. The summed E-state index contributed by atoms with van der Waals surface area (Å²) in [5, 5.41) is 3.56. The molecule has 3 aromatic carbocycles. The number of nitrogens with two attached hydrogens (primary N) is 1. The van der Waals surface area contributed by atoms with Crippen molar-refractivity contribution < 1.29 is 13.9 Å². The molecule has 0 aliphatic carbocycles. The zero-order chi connectivity index (χ0) is 21.1. The van der Waals surface area contributed by atoms with Gasteiger partial charge in [-0.15, -0.1) is 0 Å². The van der Waals surface area contributed by atoms with Gasteiger partial charge in [0.25, 0.3) is 5.91 Å². The van der Waals surface area contributed by atoms with Gasteiger partial charge in [0.2, 0.25) is 0 Å². The lowest BCUT2D eigenvalue weighted by molar-refractivity contribution is 0.102. The molecule has 0 saturated heterocycles. The van der Waals surface area contributed by atoms with Crippen LogP contribution >= 0.6 is 0 Å². The van der Waals surface area contributed by atoms with Crippen LogP contribution in [0.2, 0.25) is 0 Å². The summed E-state index contributed by atoms with van der Waals surface area (Å²) in [5.41, 5.74) is 8.48. The summed E-state index contributed by atoms with van der Waals surface area (Å²) in [6, 6.07) is 18.2. The number of nitrogen functional groups attached to an aromatic ring is 1. The molecule has 0 atom stereocenters. The second-order valence-corrected chi connectivity index (χ2v) is 6.74. The number of aryl methyl sites for hydroxylation is 1. The fraction of sp³-hybridized carbons (Fsp3) is 0.0870. The van der Waals surface area contributed by atoms with Gasteiger partial charge in [0.15, 0.2) is 0 Å². The molecule has 0 aliphatic rings. The largest absolute Gasteiger partial charge is 0.489 e. The highest BCUT2D eigenvalue weighted by Crippen LogP contribution is 2.23. The topological polar surface area (TPSA) is 90.1 Å². The third-order valence-electron chi connectivity index (χ3n) is 4.56. The van der Waals surface area contributed by atoms with Crippen LogP contribution < -0.4 is 15.8 Å². The van der Waals surface area contributed by atoms with E-state index in [2.05, 4.69) is 15.3 Å². The van der Waals surface area contributed by atoms with Gasteiger partial charge in [-0.05, 0) is 55.5 Å². The number of amides is 1. The molecule has 7 heteroatoms. The number of anilines is 2. The highest BCUT2D eigenvalue weighted by atomic mass is 19.1. The maximum atomic E-state index is 13.0. The van der Waals surface area contributed by atoms with Crippen LogP contribution in [0.25, 0.3) is 10.9 Å². The fourth-order valence-electron chi connectivity index (χ4n) is 3.11. The Labute approximate surface area is 172 Å². The Balaban J connectivity index is 1.53. The molecule has 1 heterocycles. The Hall–Kier alpha value is -4.00. The second-order valence-electron chi connectivity index (χ2n) is 6.74. The predicted molar refractivity (Wildman–Crippen MR) is 114 cm³/mol. The van der Waals surface area contributed by atoms with Crippen molar-refractivity contribution in [1.29, 1.82) is 0 Å². The molecule has 4 aromatic rings. The standard InChI is InChI=1S/C23H19FN4O2/c1-14-26-21-11-8-17(12-20(21)22(25)27-14)28-23(29)19-5-3-2-4-15(19)13-30-18-9-6-16(24)7-10-18/h2-12H,13H2,1H3,(H,28,29)(H2,25,26,27). The summed E-state index contributed by atoms with van der Waals surface area (Å²) in [5.74, 6) is 0.860. The van der Waals surface area contributed by atoms with Crippen molar-refractivity contribution in [2.45, 2.75) is 13.5 Å². The van der Waals surface area contributed by atoms with Crippen LogP contribution in [0.5, 0.6) is 5.75 Å². The SMILES string of the molecule is Cc1nc(N)c2cc(NC(=O)c3ccccc3COc3ccc(F)cc3)ccc2n1. The molecule has 0 radical (unpaired) electrons. The van der Waals surface area contributed by atoms with Crippen molar-refractivity contribution in [3.63, 3.8) is 0 Å². The van der Waals surface area contributed by atoms with Crippen molar-refractivity contribution in [2.24, 2.45) is 0 Å². The number of nitrogens with one attached hydrogen (secondary N) is 1. The summed E-state index contributed by atoms with van der Waals surface area (Å²) in [6.45, 7) is 1.95. The summed E-state index contributed by atoms with van der Waals surface area (Å²) in [6.07, 6.45) is 0. The zero-order valence-corrected chi connectivity index (χ0v) is 16.2. The van der Waals surface area contributed by atoms with E-state index < -0.39 is 0 Å². The first-order valence-corrected chi connectivity index (χ1v) is 9.31. The van der Waals surface area contributed by atoms with E-state index in [1.54, 1.807) is 49.4 Å². The molecular formula is C23H19FN4O2. The molecule has 1 aromatic heterocycles. The van der Waals surface area contributed by atoms with E-state index >= 15 is 0 Å². The number of carbonyl (C=O) groups excluding carboxylic acids is 1. The lowest BCUT2D eigenvalue weighted by atomic mass is 10.1. The monoisotopic (exact) mass is 402 g/mol. The van der Waals surface area contributed by atoms with Gasteiger partial charge >= 0.3 is 0 Å². The van der Waals surface area contributed by atoms with Crippen LogP contribution in [0.1, 0.15) is 21.7 Å². The molecule has 1 amide bonds. The number of fused-ring (bicyclic) bond motifs is 1. The van der Waals surface area contributed by atoms with Gasteiger partial charge in [-0.2, -0.15) is 0 Å². The molecule has 30 heavy (non-hydrogen) atoms. The minimum Gasteiger partial charge on any atom is -0.489 e. The first kappa shape index (κ1) is 19.3. The number of ether oxygens (including phenoxy) is 1. The van der Waals surface area contributed by atoms with Crippen LogP contribution in [0, 0.1) is 12.7 Å². The Morgan fingerprint density at radius 2 is 1.83 bits per heavy atom. The highest BCUT2D eigenvalue weighted by Gasteiger charge is 2.13. The van der Waals surface area contributed by atoms with Gasteiger partial charge in [0.05, 0.1) is 5.52 Å². The van der Waals surface area contributed by atoms with E-state index in [4.69, 9.17) is 10.5 Å². The molecular weight excluding hydrogens is 383 g/mol. The fourth-order valence-corrected chi connectivity index (χ4v) is 3.11. The third kappa shape index (κ3) is 4.20. The Morgan fingerprint density at radius 3 is 2.63 bits per heavy atom. The number of carbonyl (C=O) groups is 1. The molecule has 0 bridgehead atoms. The number of nitrogens with zero attached hydrogens (tertiary/aromatic N) is 2. The average Bonchev–Trinajstić information content (AvgIpc) is 2.74. The molecule has 6 nitrogen and oxygen atoms in total. The normalized spacial score (nSPS) is 10.7. The van der Waals surface area contributed by atoms with E-state index in [1.807, 2.05) is 12.1 Å². The van der Waals surface area contributed by atoms with Crippen molar-refractivity contribution in [2.75, 3.05) is 11.1 Å². The smallest absolute Gasteiger partial charge is 0.256 e. The first-order valence-electron chi connectivity index (χ1n) is 9.31. The number of aromatic nitrogens is 2. The van der Waals surface area contributed by atoms with Crippen molar-refractivity contribution >= 4 is 28.3 Å². The summed E-state index contributed by atoms with van der Waals surface area (Å²) in [7, 11) is 0. The molecule has 3 N–H and O–H groups in total. The van der Waals surface area contributed by atoms with Crippen molar-refractivity contribution in [3.05, 3.63) is 89.5 Å². The summed E-state index contributed by atoms with van der Waals surface area (Å²) in [4.78, 5) is 21.4. The predicted octanol–water partition coefficient (Wildman–Crippen LogP) is 4.49. The van der Waals surface area contributed by atoms with Crippen LogP contribution in [-0.2, 0) is 6.61 Å². The highest BCUT2D eigenvalue weighted by molar-refractivity contribution is 6.06. The van der Waals surface area contributed by atoms with Gasteiger partial charge in [0.1, 0.15) is 29.8 Å². The van der Waals surface area contributed by atoms with E-state index in [-0.39, 0.29) is 18.3 Å². The van der Waals surface area contributed by atoms with E-state index in [0.29, 0.717) is 45.1 Å². The minimum atomic E-state index is -0.335. The van der Waals surface area contributed by atoms with Crippen molar-refractivity contribution in [3.8, 4) is 5.75 Å². The Kier molecular flexibility index (Phi) is 5.26. The first-order chi connectivity index (χ1) is 14.5. The minimum absolute atomic E-state index is 0.174. The van der Waals surface area contributed by atoms with Gasteiger partial charge in [-0.3, -0.25) is 4.79 Å². The zero-order valence-electron chi connectivity index (χ0n) is 16.2. The lowest BCUT2D eigenvalue weighted by Crippen LogP contribution is -2.15. The maximum absolute atomic E-state index is 13.0. The molecule has 150 valence electrons. The molecule has 0 aliphatic heterocycles. The van der Waals surface area contributed by atoms with Crippen LogP contribution in [0.4, 0.5) is 15.9 Å². The lowest BCUT2D eigenvalue weighted by Gasteiger charge is -2.12. The summed E-state index contributed by atoms with van der Waals surface area (Å²) >= 11 is 0. The van der Waals surface area contributed by atoms with Crippen molar-refractivity contribution in [1.82, 2.24) is 9.97 Å². The van der Waals surface area contributed by atoms with Gasteiger partial charge in [-0.1, -0.05) is 18.2 Å². The second kappa shape index (κ2) is 8.16. The van der Waals surface area contributed by atoms with E-state index in [9.17, 15) is 9.18 Å². The van der Waals surface area contributed by atoms with Gasteiger partial charge < -0.3 is 15.8 Å². The van der Waals surface area contributed by atoms with Crippen LogP contribution in [-0.4, -0.2) is 15.9 Å². The number of hydrogen-bond acceptors (Lipinski definition) is 5. The van der Waals surface area contributed by atoms with E-state index in [0.717, 1.165) is 0 Å². The number of benzene rings is 3. The number of hydrogen-bond donors (Lipinski definition) is 2. The van der Waals surface area contributed by atoms with Gasteiger partial charge in [-0.25, -0.2) is 14.4 Å². The van der Waals surface area contributed by atoms with Crippen LogP contribution in [0.3, 0.4) is 0 Å². The molecule has 0 fully saturated rings. The maximum Gasteiger partial charge on any atom is 0.256 e. The molecule has 0 spiro atoms. The average molecular weight is 402 g/mol. The third-order valence-corrected chi connectivity index (χ3v) is 4.56. The molecule has 0 saturated carbocycles. The van der Waals surface area contributed by atoms with E-state index in [1.165, 1.54) is 12.1 Å². The molecule has 4 rings (SSSR count).